The number of anilines is 1. The summed E-state index contributed by atoms with van der Waals surface area (Å²) in [6.07, 6.45) is 1.43. The summed E-state index contributed by atoms with van der Waals surface area (Å²) in [6, 6.07) is 4.67. The lowest BCUT2D eigenvalue weighted by molar-refractivity contribution is 0.0693. The third-order valence-electron chi connectivity index (χ3n) is 1.77. The summed E-state index contributed by atoms with van der Waals surface area (Å²) >= 11 is 2.46. The van der Waals surface area contributed by atoms with Crippen LogP contribution in [0.5, 0.6) is 0 Å². The Morgan fingerprint density at radius 3 is 2.94 bits per heavy atom. The Bertz CT molecular complexity index is 513. The molecule has 16 heavy (non-hydrogen) atoms. The van der Waals surface area contributed by atoms with Crippen molar-refractivity contribution < 1.29 is 9.90 Å². The zero-order valence-corrected chi connectivity index (χ0v) is 9.59. The molecule has 0 atom stereocenters. The summed E-state index contributed by atoms with van der Waals surface area (Å²) in [7, 11) is 0. The molecule has 82 valence electrons. The summed E-state index contributed by atoms with van der Waals surface area (Å²) in [5, 5.41) is 9.00. The maximum Gasteiger partial charge on any atom is 0.336 e. The first-order chi connectivity index (χ1) is 7.66. The zero-order chi connectivity index (χ0) is 11.5. The minimum Gasteiger partial charge on any atom is -0.478 e. The van der Waals surface area contributed by atoms with Gasteiger partial charge in [0.1, 0.15) is 6.33 Å². The highest BCUT2D eigenvalue weighted by atomic mass is 32.2. The number of hydrogen-bond acceptors (Lipinski definition) is 6. The van der Waals surface area contributed by atoms with Crippen molar-refractivity contribution in [3.8, 4) is 0 Å². The van der Waals surface area contributed by atoms with E-state index in [1.54, 1.807) is 12.1 Å². The number of nitrogen functional groups attached to an aromatic ring is 1. The highest BCUT2D eigenvalue weighted by molar-refractivity contribution is 8.01. The predicted octanol–water partition coefficient (Wildman–Crippen LogP) is 1.97. The van der Waals surface area contributed by atoms with Gasteiger partial charge in [-0.3, -0.25) is 0 Å². The van der Waals surface area contributed by atoms with Crippen molar-refractivity contribution in [3.63, 3.8) is 0 Å². The van der Waals surface area contributed by atoms with Gasteiger partial charge in [-0.2, -0.15) is 4.37 Å². The van der Waals surface area contributed by atoms with E-state index in [9.17, 15) is 4.79 Å². The van der Waals surface area contributed by atoms with Crippen LogP contribution in [0.1, 0.15) is 10.4 Å². The number of benzene rings is 1. The van der Waals surface area contributed by atoms with Gasteiger partial charge in [0.2, 0.25) is 0 Å². The molecule has 0 spiro atoms. The van der Waals surface area contributed by atoms with Crippen molar-refractivity contribution in [1.29, 1.82) is 0 Å². The first-order valence-corrected chi connectivity index (χ1v) is 5.83. The molecule has 5 nitrogen and oxygen atoms in total. The molecule has 1 heterocycles. The Kier molecular flexibility index (Phi) is 3.07. The predicted molar refractivity (Wildman–Crippen MR) is 61.8 cm³/mol. The van der Waals surface area contributed by atoms with Crippen LogP contribution in [0.3, 0.4) is 0 Å². The monoisotopic (exact) mass is 253 g/mol. The summed E-state index contributed by atoms with van der Waals surface area (Å²) in [6.45, 7) is 0. The van der Waals surface area contributed by atoms with E-state index in [4.69, 9.17) is 10.8 Å². The van der Waals surface area contributed by atoms with E-state index in [1.165, 1.54) is 35.7 Å². The van der Waals surface area contributed by atoms with Crippen molar-refractivity contribution in [2.75, 3.05) is 5.73 Å². The van der Waals surface area contributed by atoms with Gasteiger partial charge in [-0.25, -0.2) is 9.78 Å². The number of nitrogens with two attached hydrogens (primary N) is 1. The number of aromatic carboxylic acids is 1. The Balaban J connectivity index is 2.38. The van der Waals surface area contributed by atoms with Crippen LogP contribution in [-0.2, 0) is 0 Å². The van der Waals surface area contributed by atoms with Crippen molar-refractivity contribution in [2.45, 2.75) is 9.24 Å². The van der Waals surface area contributed by atoms with Gasteiger partial charge in [0.05, 0.1) is 5.56 Å². The van der Waals surface area contributed by atoms with E-state index in [0.29, 0.717) is 14.9 Å². The molecule has 1 aromatic heterocycles. The van der Waals surface area contributed by atoms with Crippen LogP contribution in [0.15, 0.2) is 33.8 Å². The van der Waals surface area contributed by atoms with Crippen LogP contribution in [-0.4, -0.2) is 20.4 Å². The van der Waals surface area contributed by atoms with Crippen LogP contribution in [0, 0.1) is 0 Å². The molecule has 0 radical (unpaired) electrons. The Morgan fingerprint density at radius 2 is 2.31 bits per heavy atom. The van der Waals surface area contributed by atoms with E-state index in [2.05, 4.69) is 9.36 Å². The molecular formula is C9H7N3O2S2. The fourth-order valence-corrected chi connectivity index (χ4v) is 2.68. The highest BCUT2D eigenvalue weighted by Gasteiger charge is 2.12. The Labute approximate surface area is 99.5 Å². The average Bonchev–Trinajstić information content (AvgIpc) is 2.70. The topological polar surface area (TPSA) is 89.1 Å². The minimum atomic E-state index is -0.980. The van der Waals surface area contributed by atoms with Gasteiger partial charge in [0.15, 0.2) is 4.34 Å². The third-order valence-corrected chi connectivity index (χ3v) is 3.55. The van der Waals surface area contributed by atoms with Crippen molar-refractivity contribution in [3.05, 3.63) is 30.1 Å². The lowest BCUT2D eigenvalue weighted by Gasteiger charge is -2.04. The smallest absolute Gasteiger partial charge is 0.336 e. The summed E-state index contributed by atoms with van der Waals surface area (Å²) in [5.74, 6) is -0.980. The van der Waals surface area contributed by atoms with E-state index in [1.807, 2.05) is 0 Å². The van der Waals surface area contributed by atoms with E-state index >= 15 is 0 Å². The van der Waals surface area contributed by atoms with Crippen LogP contribution in [0.2, 0.25) is 0 Å². The molecule has 7 heteroatoms. The first-order valence-electron chi connectivity index (χ1n) is 4.24. The zero-order valence-electron chi connectivity index (χ0n) is 7.95. The van der Waals surface area contributed by atoms with Gasteiger partial charge in [-0.05, 0) is 29.7 Å². The lowest BCUT2D eigenvalue weighted by Crippen LogP contribution is -1.99. The molecule has 0 aliphatic heterocycles. The van der Waals surface area contributed by atoms with E-state index in [0.717, 1.165) is 0 Å². The van der Waals surface area contributed by atoms with Gasteiger partial charge in [-0.15, -0.1) is 0 Å². The Morgan fingerprint density at radius 1 is 1.50 bits per heavy atom. The largest absolute Gasteiger partial charge is 0.478 e. The van der Waals surface area contributed by atoms with Gasteiger partial charge < -0.3 is 10.8 Å². The number of aromatic nitrogens is 2. The van der Waals surface area contributed by atoms with Gasteiger partial charge in [0, 0.05) is 10.6 Å². The molecule has 3 N–H and O–H groups in total. The van der Waals surface area contributed by atoms with Gasteiger partial charge in [0.25, 0.3) is 0 Å². The molecule has 2 aromatic rings. The molecule has 0 fully saturated rings. The quantitative estimate of drug-likeness (QED) is 0.813. The maximum atomic E-state index is 11.0. The average molecular weight is 253 g/mol. The molecule has 2 rings (SSSR count). The molecule has 0 saturated heterocycles. The number of carbonyl (C=O) groups is 1. The van der Waals surface area contributed by atoms with Crippen LogP contribution in [0.4, 0.5) is 5.69 Å². The SMILES string of the molecule is Nc1ccc(C(=O)O)c(Sc2ncns2)c1. The number of carboxylic acid groups (broad SMARTS) is 1. The number of carboxylic acids is 1. The van der Waals surface area contributed by atoms with Crippen LogP contribution >= 0.6 is 23.3 Å². The lowest BCUT2D eigenvalue weighted by atomic mass is 10.2. The second-order valence-corrected chi connectivity index (χ2v) is 4.94. The molecule has 0 aliphatic rings. The number of hydrogen-bond donors (Lipinski definition) is 2. The standard InChI is InChI=1S/C9H7N3O2S2/c10-5-1-2-6(8(13)14)7(3-5)15-9-11-4-12-16-9/h1-4H,10H2,(H,13,14). The third kappa shape index (κ3) is 2.31. The molecule has 0 aliphatic carbocycles. The number of nitrogens with zero attached hydrogens (tertiary/aromatic N) is 2. The fraction of sp³-hybridized carbons (Fsp3) is 0. The second kappa shape index (κ2) is 4.50. The molecule has 0 unspecified atom stereocenters. The van der Waals surface area contributed by atoms with Crippen LogP contribution in [0.25, 0.3) is 0 Å². The van der Waals surface area contributed by atoms with Crippen molar-refractivity contribution >= 4 is 35.0 Å². The molecule has 0 bridgehead atoms. The Hall–Kier alpha value is -1.60. The summed E-state index contributed by atoms with van der Waals surface area (Å²) in [5.41, 5.74) is 6.36. The fourth-order valence-electron chi connectivity index (χ4n) is 1.10. The summed E-state index contributed by atoms with van der Waals surface area (Å²) < 4.78 is 4.53. The highest BCUT2D eigenvalue weighted by Crippen LogP contribution is 2.32. The number of rotatable bonds is 3. The molecular weight excluding hydrogens is 246 g/mol. The maximum absolute atomic E-state index is 11.0. The van der Waals surface area contributed by atoms with E-state index in [-0.39, 0.29) is 5.56 Å². The second-order valence-electron chi connectivity index (χ2n) is 2.87. The van der Waals surface area contributed by atoms with Crippen LogP contribution < -0.4 is 5.73 Å². The molecule has 0 amide bonds. The normalized spacial score (nSPS) is 10.2. The summed E-state index contributed by atoms with van der Waals surface area (Å²) in [4.78, 5) is 15.5. The van der Waals surface area contributed by atoms with Crippen molar-refractivity contribution in [2.24, 2.45) is 0 Å². The minimum absolute atomic E-state index is 0.217. The molecule has 1 aromatic carbocycles. The van der Waals surface area contributed by atoms with Crippen molar-refractivity contribution in [1.82, 2.24) is 9.36 Å². The molecule has 0 saturated carbocycles. The van der Waals surface area contributed by atoms with E-state index < -0.39 is 5.97 Å². The first kappa shape index (κ1) is 10.9. The van der Waals surface area contributed by atoms with Gasteiger partial charge >= 0.3 is 5.97 Å². The van der Waals surface area contributed by atoms with Gasteiger partial charge in [-0.1, -0.05) is 11.8 Å².